The molecule has 1 aliphatic carbocycles. The monoisotopic (exact) mass is 382 g/mol. The van der Waals surface area contributed by atoms with Crippen LogP contribution in [0.2, 0.25) is 0 Å². The van der Waals surface area contributed by atoms with Gasteiger partial charge in [0.25, 0.3) is 0 Å². The van der Waals surface area contributed by atoms with E-state index in [0.29, 0.717) is 25.4 Å². The zero-order chi connectivity index (χ0) is 19.0. The second-order valence-corrected chi connectivity index (χ2v) is 7.88. The largest absolute Gasteiger partial charge is 0.419 e. The first-order chi connectivity index (χ1) is 12.9. The molecular formula is C19H25F3N4O. The predicted molar refractivity (Wildman–Crippen MR) is 95.3 cm³/mol. The molecule has 2 aliphatic heterocycles. The Morgan fingerprint density at radius 2 is 1.96 bits per heavy atom. The number of hydrogen-bond acceptors (Lipinski definition) is 4. The van der Waals surface area contributed by atoms with Gasteiger partial charge >= 0.3 is 6.18 Å². The molecule has 1 aromatic rings. The number of piperidine rings is 1. The van der Waals surface area contributed by atoms with Crippen LogP contribution in [0.5, 0.6) is 0 Å². The molecule has 2 saturated heterocycles. The third kappa shape index (κ3) is 4.20. The quantitative estimate of drug-likeness (QED) is 0.870. The Morgan fingerprint density at radius 1 is 1.15 bits per heavy atom. The highest BCUT2D eigenvalue weighted by molar-refractivity contribution is 5.80. The molecule has 2 atom stereocenters. The lowest BCUT2D eigenvalue weighted by molar-refractivity contribution is -0.137. The van der Waals surface area contributed by atoms with Crippen molar-refractivity contribution in [1.29, 1.82) is 0 Å². The molecule has 1 amide bonds. The maximum absolute atomic E-state index is 13.3. The van der Waals surface area contributed by atoms with E-state index in [4.69, 9.17) is 0 Å². The summed E-state index contributed by atoms with van der Waals surface area (Å²) in [6.45, 7) is 2.69. The van der Waals surface area contributed by atoms with Gasteiger partial charge in [-0.3, -0.25) is 9.69 Å². The number of anilines is 1. The molecule has 148 valence electrons. The number of alkyl halides is 3. The smallest absolute Gasteiger partial charge is 0.355 e. The van der Waals surface area contributed by atoms with E-state index in [1.54, 1.807) is 4.90 Å². The van der Waals surface area contributed by atoms with Gasteiger partial charge in [-0.1, -0.05) is 0 Å². The minimum Gasteiger partial charge on any atom is -0.355 e. The first kappa shape index (κ1) is 18.5. The topological polar surface area (TPSA) is 48.5 Å². The Hall–Kier alpha value is -1.83. The van der Waals surface area contributed by atoms with Crippen molar-refractivity contribution in [3.05, 3.63) is 23.9 Å². The van der Waals surface area contributed by atoms with E-state index in [1.807, 2.05) is 0 Å². The van der Waals surface area contributed by atoms with Crippen LogP contribution in [0.25, 0.3) is 0 Å². The minimum atomic E-state index is -4.45. The van der Waals surface area contributed by atoms with Gasteiger partial charge in [0, 0.05) is 44.5 Å². The summed E-state index contributed by atoms with van der Waals surface area (Å²) in [4.78, 5) is 20.7. The van der Waals surface area contributed by atoms with Gasteiger partial charge in [-0.2, -0.15) is 13.2 Å². The summed E-state index contributed by atoms with van der Waals surface area (Å²) < 4.78 is 39.9. The molecule has 8 heteroatoms. The van der Waals surface area contributed by atoms with Crippen molar-refractivity contribution in [3.63, 3.8) is 0 Å². The van der Waals surface area contributed by atoms with Crippen molar-refractivity contribution >= 4 is 11.7 Å². The lowest BCUT2D eigenvalue weighted by Crippen LogP contribution is -2.47. The average molecular weight is 382 g/mol. The van der Waals surface area contributed by atoms with Crippen molar-refractivity contribution < 1.29 is 18.0 Å². The van der Waals surface area contributed by atoms with Crippen molar-refractivity contribution in [2.45, 2.75) is 50.4 Å². The van der Waals surface area contributed by atoms with E-state index in [1.165, 1.54) is 25.1 Å². The van der Waals surface area contributed by atoms with Crippen LogP contribution in [0.3, 0.4) is 0 Å². The van der Waals surface area contributed by atoms with Gasteiger partial charge in [-0.15, -0.1) is 0 Å². The lowest BCUT2D eigenvalue weighted by Gasteiger charge is -2.34. The van der Waals surface area contributed by atoms with Gasteiger partial charge in [0.1, 0.15) is 5.82 Å². The Labute approximate surface area is 156 Å². The van der Waals surface area contributed by atoms with Gasteiger partial charge in [-0.25, -0.2) is 4.98 Å². The predicted octanol–water partition coefficient (Wildman–Crippen LogP) is 2.67. The highest BCUT2D eigenvalue weighted by Crippen LogP contribution is 2.36. The van der Waals surface area contributed by atoms with Gasteiger partial charge in [0.05, 0.1) is 11.5 Å². The molecular weight excluding hydrogens is 357 g/mol. The normalized spacial score (nSPS) is 27.0. The zero-order valence-electron chi connectivity index (χ0n) is 15.2. The second kappa shape index (κ2) is 7.30. The van der Waals surface area contributed by atoms with Crippen LogP contribution < -0.4 is 10.2 Å². The van der Waals surface area contributed by atoms with Crippen molar-refractivity contribution in [1.82, 2.24) is 15.2 Å². The Bertz CT molecular complexity index is 692. The number of pyridine rings is 1. The van der Waals surface area contributed by atoms with Gasteiger partial charge in [0.2, 0.25) is 5.91 Å². The number of carbonyl (C=O) groups is 1. The molecule has 2 unspecified atom stereocenters. The van der Waals surface area contributed by atoms with Crippen LogP contribution in [0.15, 0.2) is 18.3 Å². The van der Waals surface area contributed by atoms with Gasteiger partial charge in [0.15, 0.2) is 0 Å². The number of rotatable bonds is 4. The molecule has 1 N–H and O–H groups in total. The van der Waals surface area contributed by atoms with E-state index in [2.05, 4.69) is 15.2 Å². The Balaban J connectivity index is 1.39. The summed E-state index contributed by atoms with van der Waals surface area (Å²) in [6, 6.07) is 3.21. The van der Waals surface area contributed by atoms with E-state index in [-0.39, 0.29) is 30.2 Å². The third-order valence-electron chi connectivity index (χ3n) is 5.81. The number of halogens is 3. The summed E-state index contributed by atoms with van der Waals surface area (Å²) in [7, 11) is 0. The highest BCUT2D eigenvalue weighted by atomic mass is 19.4. The van der Waals surface area contributed by atoms with Gasteiger partial charge in [-0.05, 0) is 44.2 Å². The molecule has 3 aliphatic rings. The molecule has 3 heterocycles. The molecule has 3 fully saturated rings. The number of hydrogen-bond donors (Lipinski definition) is 1. The van der Waals surface area contributed by atoms with Crippen molar-refractivity contribution in [3.8, 4) is 0 Å². The molecule has 27 heavy (non-hydrogen) atoms. The van der Waals surface area contributed by atoms with Crippen LogP contribution in [-0.4, -0.2) is 54.1 Å². The summed E-state index contributed by atoms with van der Waals surface area (Å²) in [5.74, 6) is -0.396. The van der Waals surface area contributed by atoms with Crippen LogP contribution >= 0.6 is 0 Å². The fourth-order valence-electron chi connectivity index (χ4n) is 4.25. The zero-order valence-corrected chi connectivity index (χ0v) is 15.2. The molecule has 1 aromatic heterocycles. The number of carbonyl (C=O) groups excluding carboxylic acids is 1. The number of nitrogens with one attached hydrogen (secondary N) is 1. The van der Waals surface area contributed by atoms with E-state index in [0.717, 1.165) is 25.6 Å². The maximum atomic E-state index is 13.3. The molecule has 0 radical (unpaired) electrons. The molecule has 1 saturated carbocycles. The average Bonchev–Trinajstić information content (AvgIpc) is 3.41. The summed E-state index contributed by atoms with van der Waals surface area (Å²) in [6.07, 6.45) is 1.78. The third-order valence-corrected chi connectivity index (χ3v) is 5.81. The first-order valence-corrected chi connectivity index (χ1v) is 9.73. The number of aromatic nitrogens is 1. The fourth-order valence-corrected chi connectivity index (χ4v) is 4.25. The fraction of sp³-hybridized carbons (Fsp3) is 0.684. The molecule has 5 nitrogen and oxygen atoms in total. The molecule has 4 rings (SSSR count). The minimum absolute atomic E-state index is 0.0353. The van der Waals surface area contributed by atoms with E-state index >= 15 is 0 Å². The van der Waals surface area contributed by atoms with Crippen LogP contribution in [0.4, 0.5) is 19.0 Å². The number of likely N-dealkylation sites (tertiary alicyclic amines) is 1. The SMILES string of the molecule is O=C(NC1CCN(C2CC2)C1)C1CCCN(c2ncccc2C(F)(F)F)C1. The van der Waals surface area contributed by atoms with Crippen molar-refractivity contribution in [2.24, 2.45) is 5.92 Å². The van der Waals surface area contributed by atoms with Gasteiger partial charge < -0.3 is 10.2 Å². The van der Waals surface area contributed by atoms with E-state index < -0.39 is 11.7 Å². The summed E-state index contributed by atoms with van der Waals surface area (Å²) in [5.41, 5.74) is -0.734. The van der Waals surface area contributed by atoms with Crippen molar-refractivity contribution in [2.75, 3.05) is 31.1 Å². The standard InChI is InChI=1S/C19H25F3N4O/c20-19(21,22)16-4-1-8-23-17(16)26-9-2-3-13(11-26)18(27)24-14-7-10-25(12-14)15-5-6-15/h1,4,8,13-15H,2-3,5-7,9-12H2,(H,24,27). The highest BCUT2D eigenvalue weighted by Gasteiger charge is 2.38. The number of amides is 1. The first-order valence-electron chi connectivity index (χ1n) is 9.73. The maximum Gasteiger partial charge on any atom is 0.419 e. The van der Waals surface area contributed by atoms with Crippen LogP contribution in [0.1, 0.15) is 37.7 Å². The summed E-state index contributed by atoms with van der Waals surface area (Å²) >= 11 is 0. The van der Waals surface area contributed by atoms with Crippen LogP contribution in [0, 0.1) is 5.92 Å². The number of nitrogens with zero attached hydrogens (tertiary/aromatic N) is 3. The molecule has 0 aromatic carbocycles. The second-order valence-electron chi connectivity index (χ2n) is 7.88. The summed E-state index contributed by atoms with van der Waals surface area (Å²) in [5, 5.41) is 3.13. The lowest BCUT2D eigenvalue weighted by atomic mass is 9.96. The van der Waals surface area contributed by atoms with Crippen LogP contribution in [-0.2, 0) is 11.0 Å². The van der Waals surface area contributed by atoms with E-state index in [9.17, 15) is 18.0 Å². The molecule has 0 spiro atoms. The Morgan fingerprint density at radius 3 is 2.70 bits per heavy atom. The Kier molecular flexibility index (Phi) is 5.01. The molecule has 0 bridgehead atoms.